The van der Waals surface area contributed by atoms with Crippen molar-refractivity contribution in [2.45, 2.75) is 56.8 Å². The maximum Gasteiger partial charge on any atom is 0.321 e. The number of unbranched alkanes of at least 4 members (excludes halogenated alkanes) is 1. The highest BCUT2D eigenvalue weighted by Gasteiger charge is 2.37. The van der Waals surface area contributed by atoms with Crippen LogP contribution >= 0.6 is 11.8 Å². The molecule has 0 aromatic rings. The van der Waals surface area contributed by atoms with Crippen molar-refractivity contribution in [3.05, 3.63) is 0 Å². The van der Waals surface area contributed by atoms with Gasteiger partial charge in [0.2, 0.25) is 0 Å². The number of likely N-dealkylation sites (N-methyl/N-ethyl adjacent to an activating group) is 1. The van der Waals surface area contributed by atoms with Gasteiger partial charge in [0.1, 0.15) is 12.1 Å². The van der Waals surface area contributed by atoms with Gasteiger partial charge in [0.05, 0.1) is 12.2 Å². The number of carbonyl (C=O) groups is 1. The van der Waals surface area contributed by atoms with Crippen molar-refractivity contribution >= 4 is 17.7 Å². The number of nitrogens with one attached hydrogen (secondary N) is 1. The van der Waals surface area contributed by atoms with Crippen LogP contribution in [0.1, 0.15) is 26.2 Å². The smallest absolute Gasteiger partial charge is 0.321 e. The van der Waals surface area contributed by atoms with Crippen LogP contribution in [0.3, 0.4) is 0 Å². The van der Waals surface area contributed by atoms with E-state index in [9.17, 15) is 15.0 Å². The van der Waals surface area contributed by atoms with E-state index < -0.39 is 30.5 Å². The van der Waals surface area contributed by atoms with Gasteiger partial charge in [-0.3, -0.25) is 4.79 Å². The van der Waals surface area contributed by atoms with Crippen molar-refractivity contribution in [3.8, 4) is 0 Å². The largest absolute Gasteiger partial charge is 0.480 e. The van der Waals surface area contributed by atoms with Crippen LogP contribution in [-0.4, -0.2) is 77.1 Å². The van der Waals surface area contributed by atoms with E-state index in [-0.39, 0.29) is 6.10 Å². The second-order valence-corrected chi connectivity index (χ2v) is 6.44. The molecule has 1 rings (SSSR count). The van der Waals surface area contributed by atoms with Crippen molar-refractivity contribution in [1.82, 2.24) is 5.32 Å². The zero-order valence-corrected chi connectivity index (χ0v) is 13.9. The number of rotatable bonds is 10. The van der Waals surface area contributed by atoms with Gasteiger partial charge in [0.15, 0.2) is 6.29 Å². The summed E-state index contributed by atoms with van der Waals surface area (Å²) in [6, 6.07) is -0.610. The van der Waals surface area contributed by atoms with Gasteiger partial charge in [-0.1, -0.05) is 13.3 Å². The molecule has 4 N–H and O–H groups in total. The summed E-state index contributed by atoms with van der Waals surface area (Å²) in [5.41, 5.74) is 0. The predicted molar refractivity (Wildman–Crippen MR) is 84.0 cm³/mol. The van der Waals surface area contributed by atoms with Gasteiger partial charge in [-0.05, 0) is 13.5 Å². The monoisotopic (exact) mass is 337 g/mol. The number of thioether (sulfide) groups is 1. The molecular weight excluding hydrogens is 310 g/mol. The zero-order valence-electron chi connectivity index (χ0n) is 13.1. The van der Waals surface area contributed by atoms with Crippen LogP contribution in [0, 0.1) is 0 Å². The van der Waals surface area contributed by atoms with Gasteiger partial charge in [0, 0.05) is 24.5 Å². The lowest BCUT2D eigenvalue weighted by atomic mass is 10.0. The minimum Gasteiger partial charge on any atom is -0.480 e. The fraction of sp³-hybridized carbons (Fsp3) is 0.929. The summed E-state index contributed by atoms with van der Waals surface area (Å²) in [7, 11) is 1.61. The Morgan fingerprint density at radius 1 is 1.50 bits per heavy atom. The Morgan fingerprint density at radius 3 is 2.82 bits per heavy atom. The highest BCUT2D eigenvalue weighted by Crippen LogP contribution is 2.24. The Balaban J connectivity index is 2.38. The van der Waals surface area contributed by atoms with Crippen LogP contribution < -0.4 is 5.32 Å². The summed E-state index contributed by atoms with van der Waals surface area (Å²) in [5.74, 6) is 0.0602. The quantitative estimate of drug-likeness (QED) is 0.414. The molecule has 0 spiro atoms. The molecular formula is C14H27NO6S. The van der Waals surface area contributed by atoms with Crippen molar-refractivity contribution < 1.29 is 29.6 Å². The Bertz CT molecular complexity index is 332. The van der Waals surface area contributed by atoms with Crippen molar-refractivity contribution in [2.75, 3.05) is 25.2 Å². The van der Waals surface area contributed by atoms with Gasteiger partial charge < -0.3 is 30.1 Å². The zero-order chi connectivity index (χ0) is 16.5. The molecule has 5 unspecified atom stereocenters. The number of aliphatic carboxylic acids is 1. The summed E-state index contributed by atoms with van der Waals surface area (Å²) in [5, 5.41) is 31.4. The van der Waals surface area contributed by atoms with Gasteiger partial charge in [-0.2, -0.15) is 11.8 Å². The number of carboxylic acids is 1. The molecule has 1 heterocycles. The minimum absolute atomic E-state index is 0.263. The molecule has 0 aromatic heterocycles. The normalized spacial score (nSPS) is 30.2. The molecule has 0 bridgehead atoms. The molecule has 0 saturated carbocycles. The first-order valence-electron chi connectivity index (χ1n) is 7.60. The molecule has 1 aliphatic heterocycles. The SMILES string of the molecule is CCCCOC1OC(CSCC(NC)C(=O)O)CC(O)C1O. The fourth-order valence-corrected chi connectivity index (χ4v) is 3.26. The van der Waals surface area contributed by atoms with E-state index in [1.165, 1.54) is 11.8 Å². The highest BCUT2D eigenvalue weighted by atomic mass is 32.2. The Kier molecular flexibility index (Phi) is 9.30. The van der Waals surface area contributed by atoms with E-state index in [1.807, 2.05) is 6.92 Å². The third kappa shape index (κ3) is 6.39. The van der Waals surface area contributed by atoms with Crippen LogP contribution in [0.5, 0.6) is 0 Å². The summed E-state index contributed by atoms with van der Waals surface area (Å²) < 4.78 is 11.1. The standard InChI is InChI=1S/C14H27NO6S/c1-3-4-5-20-14-12(17)11(16)6-9(21-14)7-22-8-10(15-2)13(18)19/h9-12,14-17H,3-8H2,1-2H3,(H,18,19). The lowest BCUT2D eigenvalue weighted by molar-refractivity contribution is -0.262. The average Bonchev–Trinajstić information content (AvgIpc) is 2.48. The van der Waals surface area contributed by atoms with Gasteiger partial charge in [-0.25, -0.2) is 0 Å². The van der Waals surface area contributed by atoms with Gasteiger partial charge in [-0.15, -0.1) is 0 Å². The second-order valence-electron chi connectivity index (χ2n) is 5.36. The summed E-state index contributed by atoms with van der Waals surface area (Å²) >= 11 is 1.44. The third-order valence-electron chi connectivity index (χ3n) is 3.52. The molecule has 1 fully saturated rings. The molecule has 1 saturated heterocycles. The first-order chi connectivity index (χ1) is 10.5. The van der Waals surface area contributed by atoms with Crippen molar-refractivity contribution in [1.29, 1.82) is 0 Å². The molecule has 7 nitrogen and oxygen atoms in total. The third-order valence-corrected chi connectivity index (χ3v) is 4.70. The molecule has 0 aromatic carbocycles. The van der Waals surface area contributed by atoms with E-state index in [2.05, 4.69) is 5.32 Å². The second kappa shape index (κ2) is 10.4. The Morgan fingerprint density at radius 2 is 2.23 bits per heavy atom. The van der Waals surface area contributed by atoms with Crippen molar-refractivity contribution in [3.63, 3.8) is 0 Å². The number of ether oxygens (including phenoxy) is 2. The fourth-order valence-electron chi connectivity index (χ4n) is 2.10. The van der Waals surface area contributed by atoms with E-state index >= 15 is 0 Å². The molecule has 0 radical (unpaired) electrons. The summed E-state index contributed by atoms with van der Waals surface area (Å²) in [4.78, 5) is 10.9. The number of carboxylic acid groups (broad SMARTS) is 1. The highest BCUT2D eigenvalue weighted by molar-refractivity contribution is 7.99. The molecule has 1 aliphatic rings. The maximum atomic E-state index is 10.9. The number of aliphatic hydroxyl groups is 2. The lowest BCUT2D eigenvalue weighted by Crippen LogP contribution is -2.50. The number of aliphatic hydroxyl groups excluding tert-OH is 2. The average molecular weight is 337 g/mol. The van der Waals surface area contributed by atoms with Gasteiger partial charge in [0.25, 0.3) is 0 Å². The molecule has 0 aliphatic carbocycles. The summed E-state index contributed by atoms with van der Waals surface area (Å²) in [6.07, 6.45) is -0.843. The van der Waals surface area contributed by atoms with Crippen LogP contribution in [0.15, 0.2) is 0 Å². The van der Waals surface area contributed by atoms with E-state index in [4.69, 9.17) is 14.6 Å². The van der Waals surface area contributed by atoms with Crippen LogP contribution in [-0.2, 0) is 14.3 Å². The number of hydrogen-bond donors (Lipinski definition) is 4. The van der Waals surface area contributed by atoms with Crippen LogP contribution in [0.4, 0.5) is 0 Å². The molecule has 8 heteroatoms. The lowest BCUT2D eigenvalue weighted by Gasteiger charge is -2.36. The van der Waals surface area contributed by atoms with E-state index in [0.29, 0.717) is 24.5 Å². The van der Waals surface area contributed by atoms with Crippen LogP contribution in [0.2, 0.25) is 0 Å². The van der Waals surface area contributed by atoms with E-state index in [0.717, 1.165) is 12.8 Å². The molecule has 5 atom stereocenters. The topological polar surface area (TPSA) is 108 Å². The maximum absolute atomic E-state index is 10.9. The summed E-state index contributed by atoms with van der Waals surface area (Å²) in [6.45, 7) is 2.52. The predicted octanol–water partition coefficient (Wildman–Crippen LogP) is 0.0457. The molecule has 22 heavy (non-hydrogen) atoms. The molecule has 130 valence electrons. The van der Waals surface area contributed by atoms with Crippen LogP contribution in [0.25, 0.3) is 0 Å². The van der Waals surface area contributed by atoms with Gasteiger partial charge >= 0.3 is 5.97 Å². The Labute approximate surface area is 135 Å². The first kappa shape index (κ1) is 19.7. The minimum atomic E-state index is -1.04. The first-order valence-corrected chi connectivity index (χ1v) is 8.76. The Hall–Kier alpha value is -0.380. The van der Waals surface area contributed by atoms with Crippen molar-refractivity contribution in [2.24, 2.45) is 0 Å². The number of hydrogen-bond acceptors (Lipinski definition) is 7. The van der Waals surface area contributed by atoms with E-state index in [1.54, 1.807) is 7.05 Å². The molecule has 0 amide bonds.